The van der Waals surface area contributed by atoms with E-state index in [9.17, 15) is 9.59 Å². The van der Waals surface area contributed by atoms with Crippen molar-refractivity contribution in [3.8, 4) is 5.75 Å². The van der Waals surface area contributed by atoms with Gasteiger partial charge in [-0.05, 0) is 42.8 Å². The van der Waals surface area contributed by atoms with E-state index in [0.717, 1.165) is 11.3 Å². The number of amides is 2. The fourth-order valence-corrected chi connectivity index (χ4v) is 2.82. The zero-order valence-corrected chi connectivity index (χ0v) is 14.0. The number of carbonyl (C=O) groups is 2. The SMILES string of the molecule is Cc1cc(Cl)ccc1NC(=O)CCN1C(=O)COc2ccccc21. The molecule has 0 spiro atoms. The van der Waals surface area contributed by atoms with Crippen LogP contribution >= 0.6 is 11.6 Å². The molecule has 5 nitrogen and oxygen atoms in total. The monoisotopic (exact) mass is 344 g/mol. The summed E-state index contributed by atoms with van der Waals surface area (Å²) < 4.78 is 5.39. The summed E-state index contributed by atoms with van der Waals surface area (Å²) in [5.74, 6) is 0.354. The van der Waals surface area contributed by atoms with Crippen molar-refractivity contribution < 1.29 is 14.3 Å². The molecule has 1 heterocycles. The van der Waals surface area contributed by atoms with E-state index in [4.69, 9.17) is 16.3 Å². The lowest BCUT2D eigenvalue weighted by atomic mass is 10.2. The maximum Gasteiger partial charge on any atom is 0.265 e. The predicted molar refractivity (Wildman–Crippen MR) is 93.7 cm³/mol. The van der Waals surface area contributed by atoms with Gasteiger partial charge in [0.2, 0.25) is 5.91 Å². The molecule has 6 heteroatoms. The summed E-state index contributed by atoms with van der Waals surface area (Å²) in [7, 11) is 0. The predicted octanol–water partition coefficient (Wildman–Crippen LogP) is 3.40. The molecule has 124 valence electrons. The normalized spacial score (nSPS) is 13.2. The Labute approximate surface area is 145 Å². The molecule has 0 saturated heterocycles. The minimum Gasteiger partial charge on any atom is -0.482 e. The lowest BCUT2D eigenvalue weighted by Crippen LogP contribution is -2.40. The molecule has 3 rings (SSSR count). The van der Waals surface area contributed by atoms with Gasteiger partial charge in [-0.15, -0.1) is 0 Å². The topological polar surface area (TPSA) is 58.6 Å². The zero-order valence-electron chi connectivity index (χ0n) is 13.2. The molecule has 0 aromatic heterocycles. The van der Waals surface area contributed by atoms with Crippen LogP contribution in [0.25, 0.3) is 0 Å². The number of hydrogen-bond donors (Lipinski definition) is 1. The van der Waals surface area contributed by atoms with Gasteiger partial charge in [-0.2, -0.15) is 0 Å². The van der Waals surface area contributed by atoms with Crippen molar-refractivity contribution in [1.82, 2.24) is 0 Å². The van der Waals surface area contributed by atoms with Crippen LogP contribution in [0.3, 0.4) is 0 Å². The number of benzene rings is 2. The molecule has 0 unspecified atom stereocenters. The van der Waals surface area contributed by atoms with E-state index in [-0.39, 0.29) is 24.8 Å². The largest absolute Gasteiger partial charge is 0.482 e. The maximum absolute atomic E-state index is 12.2. The quantitative estimate of drug-likeness (QED) is 0.924. The number of ether oxygens (including phenoxy) is 1. The lowest BCUT2D eigenvalue weighted by molar-refractivity contribution is -0.121. The van der Waals surface area contributed by atoms with Gasteiger partial charge in [0.05, 0.1) is 5.69 Å². The van der Waals surface area contributed by atoms with Crippen molar-refractivity contribution in [2.75, 3.05) is 23.4 Å². The molecule has 1 aliphatic rings. The number of carbonyl (C=O) groups excluding carboxylic acids is 2. The van der Waals surface area contributed by atoms with Crippen LogP contribution in [-0.4, -0.2) is 25.0 Å². The van der Waals surface area contributed by atoms with E-state index in [1.165, 1.54) is 0 Å². The first-order chi connectivity index (χ1) is 11.5. The highest BCUT2D eigenvalue weighted by molar-refractivity contribution is 6.30. The number of nitrogens with zero attached hydrogens (tertiary/aromatic N) is 1. The molecule has 1 aliphatic heterocycles. The third-order valence-electron chi connectivity index (χ3n) is 3.83. The Morgan fingerprint density at radius 3 is 2.88 bits per heavy atom. The highest BCUT2D eigenvalue weighted by Gasteiger charge is 2.25. The number of anilines is 2. The molecular weight excluding hydrogens is 328 g/mol. The number of halogens is 1. The first-order valence-electron chi connectivity index (χ1n) is 7.63. The summed E-state index contributed by atoms with van der Waals surface area (Å²) >= 11 is 5.91. The summed E-state index contributed by atoms with van der Waals surface area (Å²) in [6, 6.07) is 12.6. The van der Waals surface area contributed by atoms with Crippen LogP contribution in [0.1, 0.15) is 12.0 Å². The van der Waals surface area contributed by atoms with Crippen LogP contribution in [0.5, 0.6) is 5.75 Å². The smallest absolute Gasteiger partial charge is 0.265 e. The van der Waals surface area contributed by atoms with Crippen LogP contribution in [0.2, 0.25) is 5.02 Å². The summed E-state index contributed by atoms with van der Waals surface area (Å²) in [6.45, 7) is 2.18. The van der Waals surface area contributed by atoms with Crippen molar-refractivity contribution in [1.29, 1.82) is 0 Å². The van der Waals surface area contributed by atoms with Gasteiger partial charge in [-0.3, -0.25) is 9.59 Å². The molecule has 0 atom stereocenters. The summed E-state index contributed by atoms with van der Waals surface area (Å²) in [6.07, 6.45) is 0.197. The van der Waals surface area contributed by atoms with Gasteiger partial charge in [0.25, 0.3) is 5.91 Å². The summed E-state index contributed by atoms with van der Waals surface area (Å²) in [5, 5.41) is 3.47. The molecule has 0 aliphatic carbocycles. The number of rotatable bonds is 4. The van der Waals surface area contributed by atoms with Crippen molar-refractivity contribution >= 4 is 34.8 Å². The van der Waals surface area contributed by atoms with E-state index in [2.05, 4.69) is 5.32 Å². The molecule has 1 N–H and O–H groups in total. The van der Waals surface area contributed by atoms with Crippen LogP contribution in [-0.2, 0) is 9.59 Å². The van der Waals surface area contributed by atoms with Crippen molar-refractivity contribution in [3.63, 3.8) is 0 Å². The molecule has 0 radical (unpaired) electrons. The van der Waals surface area contributed by atoms with Crippen LogP contribution < -0.4 is 15.0 Å². The number of nitrogens with one attached hydrogen (secondary N) is 1. The molecule has 0 bridgehead atoms. The second-order valence-corrected chi connectivity index (χ2v) is 6.00. The fraction of sp³-hybridized carbons (Fsp3) is 0.222. The van der Waals surface area contributed by atoms with Gasteiger partial charge in [0, 0.05) is 23.7 Å². The van der Waals surface area contributed by atoms with Gasteiger partial charge in [0.15, 0.2) is 6.61 Å². The summed E-state index contributed by atoms with van der Waals surface area (Å²) in [5.41, 5.74) is 2.31. The molecule has 2 amide bonds. The molecule has 0 saturated carbocycles. The van der Waals surface area contributed by atoms with Gasteiger partial charge in [0.1, 0.15) is 5.75 Å². The van der Waals surface area contributed by atoms with E-state index >= 15 is 0 Å². The zero-order chi connectivity index (χ0) is 17.1. The Balaban J connectivity index is 1.65. The first kappa shape index (κ1) is 16.3. The molecule has 2 aromatic rings. The van der Waals surface area contributed by atoms with Gasteiger partial charge >= 0.3 is 0 Å². The Morgan fingerprint density at radius 2 is 2.08 bits per heavy atom. The second kappa shape index (κ2) is 6.93. The Kier molecular flexibility index (Phi) is 4.71. The fourth-order valence-electron chi connectivity index (χ4n) is 2.59. The van der Waals surface area contributed by atoms with Gasteiger partial charge < -0.3 is 15.0 Å². The lowest BCUT2D eigenvalue weighted by Gasteiger charge is -2.29. The number of hydrogen-bond acceptors (Lipinski definition) is 3. The van der Waals surface area contributed by atoms with E-state index in [0.29, 0.717) is 23.0 Å². The number of aryl methyl sites for hydroxylation is 1. The van der Waals surface area contributed by atoms with Crippen molar-refractivity contribution in [2.24, 2.45) is 0 Å². The van der Waals surface area contributed by atoms with E-state index in [1.54, 1.807) is 23.1 Å². The number of para-hydroxylation sites is 2. The standard InChI is InChI=1S/C18H17ClN2O3/c1-12-10-13(19)6-7-14(12)20-17(22)8-9-21-15-4-2-3-5-16(15)24-11-18(21)23/h2-7,10H,8-9,11H2,1H3,(H,20,22). The Morgan fingerprint density at radius 1 is 1.29 bits per heavy atom. The Hall–Kier alpha value is -2.53. The minimum absolute atomic E-state index is 0.00503. The van der Waals surface area contributed by atoms with Gasteiger partial charge in [-0.1, -0.05) is 23.7 Å². The number of fused-ring (bicyclic) bond motifs is 1. The highest BCUT2D eigenvalue weighted by Crippen LogP contribution is 2.31. The van der Waals surface area contributed by atoms with Gasteiger partial charge in [-0.25, -0.2) is 0 Å². The summed E-state index contributed by atoms with van der Waals surface area (Å²) in [4.78, 5) is 25.9. The molecular formula is C18H17ClN2O3. The molecule has 0 fully saturated rings. The Bertz CT molecular complexity index is 792. The van der Waals surface area contributed by atoms with E-state index < -0.39 is 0 Å². The average Bonchev–Trinajstić information content (AvgIpc) is 2.56. The average molecular weight is 345 g/mol. The van der Waals surface area contributed by atoms with E-state index in [1.807, 2.05) is 31.2 Å². The van der Waals surface area contributed by atoms with Crippen LogP contribution in [0.4, 0.5) is 11.4 Å². The first-order valence-corrected chi connectivity index (χ1v) is 8.00. The second-order valence-electron chi connectivity index (χ2n) is 5.56. The third kappa shape index (κ3) is 3.51. The minimum atomic E-state index is -0.155. The maximum atomic E-state index is 12.2. The van der Waals surface area contributed by atoms with Crippen LogP contribution in [0.15, 0.2) is 42.5 Å². The van der Waals surface area contributed by atoms with Crippen molar-refractivity contribution in [2.45, 2.75) is 13.3 Å². The third-order valence-corrected chi connectivity index (χ3v) is 4.07. The van der Waals surface area contributed by atoms with Crippen LogP contribution in [0, 0.1) is 6.92 Å². The molecule has 2 aromatic carbocycles. The molecule has 24 heavy (non-hydrogen) atoms. The van der Waals surface area contributed by atoms with Crippen molar-refractivity contribution in [3.05, 3.63) is 53.1 Å². The highest BCUT2D eigenvalue weighted by atomic mass is 35.5.